The molecule has 0 saturated heterocycles. The molecule has 1 heterocycles. The molecule has 5 rings (SSSR count). The van der Waals surface area contributed by atoms with E-state index in [1.807, 2.05) is 6.92 Å². The van der Waals surface area contributed by atoms with E-state index in [0.29, 0.717) is 29.9 Å². The molecule has 0 spiro atoms. The lowest BCUT2D eigenvalue weighted by Crippen LogP contribution is -2.58. The van der Waals surface area contributed by atoms with Gasteiger partial charge in [-0.1, -0.05) is 32.4 Å². The minimum atomic E-state index is -2.66. The molecule has 1 aromatic heterocycles. The van der Waals surface area contributed by atoms with E-state index in [1.165, 1.54) is 25.5 Å². The van der Waals surface area contributed by atoms with Crippen LogP contribution < -0.4 is 0 Å². The molecule has 4 fully saturated rings. The molecule has 1 aromatic rings. The van der Waals surface area contributed by atoms with Gasteiger partial charge in [-0.2, -0.15) is 10.4 Å². The van der Waals surface area contributed by atoms with E-state index in [-0.39, 0.29) is 24.2 Å². The Hall–Kier alpha value is -1.70. The van der Waals surface area contributed by atoms with Gasteiger partial charge in [0.2, 0.25) is 0 Å². The molecule has 4 aliphatic rings. The summed E-state index contributed by atoms with van der Waals surface area (Å²) >= 11 is 0. The number of hydrogen-bond acceptors (Lipinski definition) is 2. The highest BCUT2D eigenvalue weighted by Crippen LogP contribution is 2.69. The van der Waals surface area contributed by atoms with Gasteiger partial charge in [0.05, 0.1) is 18.3 Å². The summed E-state index contributed by atoms with van der Waals surface area (Å²) in [5, 5.41) is 13.3. The Labute approximate surface area is 184 Å². The zero-order valence-electron chi connectivity index (χ0n) is 18.9. The summed E-state index contributed by atoms with van der Waals surface area (Å²) in [6.45, 7) is 8.89. The van der Waals surface area contributed by atoms with Crippen LogP contribution in [0.5, 0.6) is 0 Å². The summed E-state index contributed by atoms with van der Waals surface area (Å²) in [7, 11) is 0. The largest absolute Gasteiger partial charge is 0.267 e. The average Bonchev–Trinajstić information content (AvgIpc) is 3.32. The molecule has 0 aromatic carbocycles. The molecule has 5 heteroatoms. The summed E-state index contributed by atoms with van der Waals surface area (Å²) in [6, 6.07) is 2.08. The predicted octanol–water partition coefficient (Wildman–Crippen LogP) is 6.46. The van der Waals surface area contributed by atoms with E-state index in [1.54, 1.807) is 10.9 Å². The number of aromatic nitrogens is 2. The zero-order chi connectivity index (χ0) is 22.0. The molecule has 3 nitrogen and oxygen atoms in total. The second kappa shape index (κ2) is 7.42. The van der Waals surface area contributed by atoms with Crippen molar-refractivity contribution in [3.63, 3.8) is 0 Å². The molecule has 0 radical (unpaired) electrons. The normalized spacial score (nSPS) is 43.4. The van der Waals surface area contributed by atoms with Crippen molar-refractivity contribution in [3.05, 3.63) is 30.1 Å². The maximum absolute atomic E-state index is 16.1. The van der Waals surface area contributed by atoms with Crippen molar-refractivity contribution in [2.45, 2.75) is 77.7 Å². The Kier molecular flexibility index (Phi) is 5.07. The molecule has 0 amide bonds. The van der Waals surface area contributed by atoms with Gasteiger partial charge in [0, 0.05) is 18.0 Å². The van der Waals surface area contributed by atoms with Gasteiger partial charge in [0.15, 0.2) is 0 Å². The van der Waals surface area contributed by atoms with E-state index in [2.05, 4.69) is 24.7 Å². The van der Waals surface area contributed by atoms with Gasteiger partial charge >= 0.3 is 0 Å². The van der Waals surface area contributed by atoms with E-state index >= 15 is 8.78 Å². The molecular formula is C26H35F2N3. The molecule has 0 aliphatic heterocycles. The summed E-state index contributed by atoms with van der Waals surface area (Å²) in [5.41, 5.74) is 0.328. The number of fused-ring (bicyclic) bond motifs is 5. The van der Waals surface area contributed by atoms with Gasteiger partial charge in [-0.25, -0.2) is 8.78 Å². The van der Waals surface area contributed by atoms with Crippen LogP contribution in [0.25, 0.3) is 0 Å². The summed E-state index contributed by atoms with van der Waals surface area (Å²) in [5.74, 6) is -0.149. The fraction of sp³-hybridized carbons (Fsp3) is 0.769. The number of nitriles is 1. The molecule has 168 valence electrons. The van der Waals surface area contributed by atoms with E-state index < -0.39 is 11.3 Å². The Morgan fingerprint density at radius 2 is 1.97 bits per heavy atom. The lowest BCUT2D eigenvalue weighted by Gasteiger charge is -2.59. The first-order valence-corrected chi connectivity index (χ1v) is 12.2. The first kappa shape index (κ1) is 21.2. The Bertz CT molecular complexity index is 899. The van der Waals surface area contributed by atoms with Gasteiger partial charge < -0.3 is 0 Å². The Balaban J connectivity index is 1.39. The first-order valence-electron chi connectivity index (χ1n) is 12.2. The number of allylic oxidation sites excluding steroid dienone is 1. The van der Waals surface area contributed by atoms with E-state index in [0.717, 1.165) is 37.2 Å². The van der Waals surface area contributed by atoms with Crippen LogP contribution in [-0.2, 0) is 6.54 Å². The Morgan fingerprint density at radius 3 is 2.71 bits per heavy atom. The van der Waals surface area contributed by atoms with Gasteiger partial charge in [-0.3, -0.25) is 4.68 Å². The maximum Gasteiger partial charge on any atom is 0.254 e. The van der Waals surface area contributed by atoms with Crippen LogP contribution >= 0.6 is 0 Å². The average molecular weight is 428 g/mol. The van der Waals surface area contributed by atoms with Crippen LogP contribution in [0.3, 0.4) is 0 Å². The quantitative estimate of drug-likeness (QED) is 0.519. The molecule has 8 unspecified atom stereocenters. The van der Waals surface area contributed by atoms with Crippen LogP contribution in [0.4, 0.5) is 8.78 Å². The van der Waals surface area contributed by atoms with E-state index in [4.69, 9.17) is 5.26 Å². The number of alkyl halides is 2. The zero-order valence-corrected chi connectivity index (χ0v) is 18.9. The molecule has 0 N–H and O–H groups in total. The van der Waals surface area contributed by atoms with Gasteiger partial charge in [0.25, 0.3) is 5.92 Å². The third kappa shape index (κ3) is 3.19. The first-order chi connectivity index (χ1) is 14.7. The van der Waals surface area contributed by atoms with Gasteiger partial charge in [-0.05, 0) is 80.0 Å². The van der Waals surface area contributed by atoms with Crippen molar-refractivity contribution in [1.29, 1.82) is 5.26 Å². The van der Waals surface area contributed by atoms with Crippen LogP contribution in [0.1, 0.15) is 70.8 Å². The Morgan fingerprint density at radius 1 is 1.19 bits per heavy atom. The fourth-order valence-corrected chi connectivity index (χ4v) is 8.52. The van der Waals surface area contributed by atoms with Crippen molar-refractivity contribution in [2.24, 2.45) is 46.8 Å². The standard InChI is InChI=1S/C26H35F2N3/c1-16-4-6-20-19(10-16)5-7-21-22(20)11-26(27,28)25(3)23(8-9-24(21)25)17(2)14-31-15-18(12-29)13-30-31/h13,15-16,19-24H,2,4-11,14H2,1,3H3. The van der Waals surface area contributed by atoms with Crippen LogP contribution in [0, 0.1) is 58.2 Å². The second-order valence-corrected chi connectivity index (χ2v) is 11.4. The summed E-state index contributed by atoms with van der Waals surface area (Å²) < 4.78 is 33.8. The summed E-state index contributed by atoms with van der Waals surface area (Å²) in [6.07, 6.45) is 11.0. The minimum absolute atomic E-state index is 0.0738. The van der Waals surface area contributed by atoms with E-state index in [9.17, 15) is 0 Å². The summed E-state index contributed by atoms with van der Waals surface area (Å²) in [4.78, 5) is 0. The smallest absolute Gasteiger partial charge is 0.254 e. The number of halogens is 2. The van der Waals surface area contributed by atoms with Gasteiger partial charge in [0.1, 0.15) is 6.07 Å². The topological polar surface area (TPSA) is 41.6 Å². The number of nitrogens with zero attached hydrogens (tertiary/aromatic N) is 3. The van der Waals surface area contributed by atoms with Crippen molar-refractivity contribution in [1.82, 2.24) is 9.78 Å². The highest BCUT2D eigenvalue weighted by molar-refractivity contribution is 5.23. The number of hydrogen-bond donors (Lipinski definition) is 0. The second-order valence-electron chi connectivity index (χ2n) is 11.4. The molecule has 4 saturated carbocycles. The van der Waals surface area contributed by atoms with Crippen molar-refractivity contribution < 1.29 is 8.78 Å². The van der Waals surface area contributed by atoms with Crippen LogP contribution in [0.2, 0.25) is 0 Å². The molecule has 31 heavy (non-hydrogen) atoms. The van der Waals surface area contributed by atoms with Crippen molar-refractivity contribution >= 4 is 0 Å². The molecular weight excluding hydrogens is 392 g/mol. The van der Waals surface area contributed by atoms with Gasteiger partial charge in [-0.15, -0.1) is 0 Å². The van der Waals surface area contributed by atoms with Crippen molar-refractivity contribution in [3.8, 4) is 6.07 Å². The fourth-order valence-electron chi connectivity index (χ4n) is 8.52. The minimum Gasteiger partial charge on any atom is -0.267 e. The SMILES string of the molecule is C=C(Cn1cc(C#N)cn1)C1CCC2C3CCC4CC(C)CCC4C3CC(F)(F)C12C. The lowest BCUT2D eigenvalue weighted by atomic mass is 9.48. The molecule has 0 bridgehead atoms. The lowest BCUT2D eigenvalue weighted by molar-refractivity contribution is -0.223. The highest BCUT2D eigenvalue weighted by atomic mass is 19.3. The monoisotopic (exact) mass is 427 g/mol. The highest BCUT2D eigenvalue weighted by Gasteiger charge is 2.69. The van der Waals surface area contributed by atoms with Crippen LogP contribution in [-0.4, -0.2) is 15.7 Å². The van der Waals surface area contributed by atoms with Crippen molar-refractivity contribution in [2.75, 3.05) is 0 Å². The van der Waals surface area contributed by atoms with Crippen LogP contribution in [0.15, 0.2) is 24.5 Å². The maximum atomic E-state index is 16.1. The third-order valence-electron chi connectivity index (χ3n) is 9.95. The number of rotatable bonds is 3. The predicted molar refractivity (Wildman–Crippen MR) is 116 cm³/mol. The molecule has 4 aliphatic carbocycles. The third-order valence-corrected chi connectivity index (χ3v) is 9.95. The molecule has 8 atom stereocenters.